The second kappa shape index (κ2) is 14.9. The molecule has 3 rings (SSSR count). The molecule has 0 aliphatic carbocycles. The largest absolute Gasteiger partial charge is 0.369 e. The Labute approximate surface area is 213 Å². The minimum Gasteiger partial charge on any atom is -0.369 e. The van der Waals surface area contributed by atoms with Crippen LogP contribution in [0.5, 0.6) is 0 Å². The quantitative estimate of drug-likeness (QED) is 0.184. The number of hydrogen-bond donors (Lipinski definition) is 1. The van der Waals surface area contributed by atoms with E-state index in [0.717, 1.165) is 35.7 Å². The van der Waals surface area contributed by atoms with Crippen molar-refractivity contribution in [2.45, 2.75) is 96.8 Å². The van der Waals surface area contributed by atoms with Gasteiger partial charge in [-0.05, 0) is 23.9 Å². The molecule has 0 amide bonds. The zero-order valence-electron chi connectivity index (χ0n) is 20.1. The van der Waals surface area contributed by atoms with Gasteiger partial charge in [-0.25, -0.2) is 4.98 Å². The summed E-state index contributed by atoms with van der Waals surface area (Å²) in [5, 5.41) is 8.99. The number of aromatic nitrogens is 2. The smallest absolute Gasteiger partial charge is 0.158 e. The van der Waals surface area contributed by atoms with Crippen molar-refractivity contribution in [1.29, 1.82) is 0 Å². The van der Waals surface area contributed by atoms with E-state index in [2.05, 4.69) is 29.1 Å². The molecule has 3 heterocycles. The minimum atomic E-state index is 0.573. The molecule has 0 aliphatic rings. The average molecular weight is 509 g/mol. The topological polar surface area (TPSA) is 29.3 Å². The highest BCUT2D eigenvalue weighted by atomic mass is 35.5. The van der Waals surface area contributed by atoms with Crippen LogP contribution in [-0.2, 0) is 0 Å². The summed E-state index contributed by atoms with van der Waals surface area (Å²) in [5.74, 6) is 0.975. The number of rotatable bonds is 17. The van der Waals surface area contributed by atoms with E-state index >= 15 is 0 Å². The highest BCUT2D eigenvalue weighted by Gasteiger charge is 2.16. The van der Waals surface area contributed by atoms with E-state index < -0.39 is 0 Å². The lowest BCUT2D eigenvalue weighted by Crippen LogP contribution is -2.05. The Morgan fingerprint density at radius 1 is 0.879 bits per heavy atom. The van der Waals surface area contributed by atoms with Gasteiger partial charge in [-0.3, -0.25) is 4.40 Å². The van der Waals surface area contributed by atoms with E-state index in [-0.39, 0.29) is 0 Å². The Balaban J connectivity index is 1.33. The van der Waals surface area contributed by atoms with Gasteiger partial charge in [0.2, 0.25) is 0 Å². The van der Waals surface area contributed by atoms with E-state index in [1.54, 1.807) is 17.4 Å². The molecule has 0 bridgehead atoms. The maximum Gasteiger partial charge on any atom is 0.158 e. The molecule has 3 aromatic rings. The van der Waals surface area contributed by atoms with Crippen molar-refractivity contribution >= 4 is 46.0 Å². The first kappa shape index (κ1) is 26.4. The van der Waals surface area contributed by atoms with Crippen LogP contribution in [0.4, 0.5) is 5.82 Å². The lowest BCUT2D eigenvalue weighted by Gasteiger charge is -2.09. The van der Waals surface area contributed by atoms with Gasteiger partial charge in [-0.15, -0.1) is 0 Å². The molecule has 6 heteroatoms. The van der Waals surface area contributed by atoms with Crippen LogP contribution in [0.1, 0.15) is 96.8 Å². The van der Waals surface area contributed by atoms with Crippen LogP contribution in [0.3, 0.4) is 0 Å². The zero-order valence-corrected chi connectivity index (χ0v) is 22.4. The molecule has 0 atom stereocenters. The van der Waals surface area contributed by atoms with Crippen molar-refractivity contribution < 1.29 is 0 Å². The van der Waals surface area contributed by atoms with Crippen LogP contribution in [0, 0.1) is 0 Å². The van der Waals surface area contributed by atoms with E-state index in [1.165, 1.54) is 83.5 Å². The lowest BCUT2D eigenvalue weighted by atomic mass is 10.0. The molecule has 0 unspecified atom stereocenters. The SMILES string of the molecule is CCCCCCCCCCCCCCCCNc1c(-c2ccsc2)nc2c(Cl)cc(Cl)cn12. The third-order valence-electron chi connectivity index (χ3n) is 6.26. The monoisotopic (exact) mass is 507 g/mol. The Bertz CT molecular complexity index is 937. The summed E-state index contributed by atoms with van der Waals surface area (Å²) < 4.78 is 1.99. The molecule has 0 saturated heterocycles. The normalized spacial score (nSPS) is 11.5. The van der Waals surface area contributed by atoms with Crippen LogP contribution in [0.2, 0.25) is 10.0 Å². The van der Waals surface area contributed by atoms with E-state index in [0.29, 0.717) is 10.0 Å². The third kappa shape index (κ3) is 8.49. The average Bonchev–Trinajstić information content (AvgIpc) is 3.45. The summed E-state index contributed by atoms with van der Waals surface area (Å²) in [5.41, 5.74) is 2.79. The first-order valence-electron chi connectivity index (χ1n) is 12.8. The van der Waals surface area contributed by atoms with Crippen LogP contribution in [0.15, 0.2) is 29.1 Å². The first-order chi connectivity index (χ1) is 16.2. The molecular weight excluding hydrogens is 469 g/mol. The fourth-order valence-corrected chi connectivity index (χ4v) is 5.52. The number of pyridine rings is 1. The third-order valence-corrected chi connectivity index (χ3v) is 7.43. The predicted octanol–water partition coefficient (Wildman–Crippen LogP) is 10.3. The van der Waals surface area contributed by atoms with Gasteiger partial charge in [0.05, 0.1) is 10.0 Å². The van der Waals surface area contributed by atoms with Crippen molar-refractivity contribution in [3.63, 3.8) is 0 Å². The Hall–Kier alpha value is -1.23. The first-order valence-corrected chi connectivity index (χ1v) is 14.5. The molecule has 182 valence electrons. The van der Waals surface area contributed by atoms with Crippen molar-refractivity contribution in [3.05, 3.63) is 39.1 Å². The number of anilines is 1. The second-order valence-corrected chi connectivity index (χ2v) is 10.7. The molecule has 0 fully saturated rings. The van der Waals surface area contributed by atoms with Crippen LogP contribution in [0.25, 0.3) is 16.9 Å². The number of halogens is 2. The number of thiophene rings is 1. The summed E-state index contributed by atoms with van der Waals surface area (Å²) in [6.45, 7) is 3.21. The Morgan fingerprint density at radius 2 is 1.48 bits per heavy atom. The molecule has 0 radical (unpaired) electrons. The maximum absolute atomic E-state index is 6.41. The summed E-state index contributed by atoms with van der Waals surface area (Å²) >= 11 is 14.4. The molecule has 33 heavy (non-hydrogen) atoms. The Morgan fingerprint density at radius 3 is 2.06 bits per heavy atom. The lowest BCUT2D eigenvalue weighted by molar-refractivity contribution is 0.537. The number of nitrogens with one attached hydrogen (secondary N) is 1. The van der Waals surface area contributed by atoms with Crippen LogP contribution >= 0.6 is 34.5 Å². The summed E-state index contributed by atoms with van der Waals surface area (Å²) in [6, 6.07) is 3.85. The minimum absolute atomic E-state index is 0.573. The van der Waals surface area contributed by atoms with Gasteiger partial charge in [0.1, 0.15) is 11.5 Å². The Kier molecular flexibility index (Phi) is 11.9. The van der Waals surface area contributed by atoms with Crippen LogP contribution in [-0.4, -0.2) is 15.9 Å². The maximum atomic E-state index is 6.41. The highest BCUT2D eigenvalue weighted by Crippen LogP contribution is 2.34. The molecule has 0 aromatic carbocycles. The van der Waals surface area contributed by atoms with Crippen molar-refractivity contribution in [2.24, 2.45) is 0 Å². The van der Waals surface area contributed by atoms with Crippen LogP contribution < -0.4 is 5.32 Å². The molecule has 3 aromatic heterocycles. The van der Waals surface area contributed by atoms with Gasteiger partial charge < -0.3 is 5.32 Å². The van der Waals surface area contributed by atoms with Crippen molar-refractivity contribution in [2.75, 3.05) is 11.9 Å². The van der Waals surface area contributed by atoms with Gasteiger partial charge in [0.25, 0.3) is 0 Å². The van der Waals surface area contributed by atoms with Gasteiger partial charge >= 0.3 is 0 Å². The molecular formula is C27H39Cl2N3S. The molecule has 1 N–H and O–H groups in total. The van der Waals surface area contributed by atoms with Gasteiger partial charge in [0.15, 0.2) is 5.65 Å². The van der Waals surface area contributed by atoms with Gasteiger partial charge in [-0.2, -0.15) is 11.3 Å². The number of unbranched alkanes of at least 4 members (excludes halogenated alkanes) is 13. The number of fused-ring (bicyclic) bond motifs is 1. The van der Waals surface area contributed by atoms with Crippen molar-refractivity contribution in [3.8, 4) is 11.3 Å². The number of imidazole rings is 1. The fraction of sp³-hybridized carbons (Fsp3) is 0.593. The zero-order chi connectivity index (χ0) is 23.3. The molecule has 0 aliphatic heterocycles. The predicted molar refractivity (Wildman–Crippen MR) is 147 cm³/mol. The van der Waals surface area contributed by atoms with Crippen molar-refractivity contribution in [1.82, 2.24) is 9.38 Å². The van der Waals surface area contributed by atoms with E-state index in [4.69, 9.17) is 28.2 Å². The van der Waals surface area contributed by atoms with E-state index in [1.807, 2.05) is 10.6 Å². The summed E-state index contributed by atoms with van der Waals surface area (Å²) in [7, 11) is 0. The molecule has 3 nitrogen and oxygen atoms in total. The molecule has 0 spiro atoms. The summed E-state index contributed by atoms with van der Waals surface area (Å²) in [4.78, 5) is 4.80. The van der Waals surface area contributed by atoms with Gasteiger partial charge in [0, 0.05) is 23.7 Å². The second-order valence-electron chi connectivity index (χ2n) is 9.04. The highest BCUT2D eigenvalue weighted by molar-refractivity contribution is 7.08. The standard InChI is InChI=1S/C27H39Cl2N3S/c1-2-3-4-5-6-7-8-9-10-11-12-13-14-15-17-30-27-25(22-16-18-33-21-22)31-26-24(29)19-23(28)20-32(26)27/h16,18-21,30H,2-15,17H2,1H3. The summed E-state index contributed by atoms with van der Waals surface area (Å²) in [6.07, 6.45) is 21.1. The molecule has 0 saturated carbocycles. The number of hydrogen-bond acceptors (Lipinski definition) is 3. The fourth-order valence-electron chi connectivity index (χ4n) is 4.37. The number of nitrogens with zero attached hydrogens (tertiary/aromatic N) is 2. The van der Waals surface area contributed by atoms with Gasteiger partial charge in [-0.1, -0.05) is 114 Å². The van der Waals surface area contributed by atoms with E-state index in [9.17, 15) is 0 Å².